The lowest BCUT2D eigenvalue weighted by molar-refractivity contribution is 0.203. The molecule has 5 heteroatoms. The van der Waals surface area contributed by atoms with Crippen LogP contribution in [0.15, 0.2) is 47.4 Å². The molecule has 0 saturated heterocycles. The molecule has 2 aromatic rings. The van der Waals surface area contributed by atoms with Crippen molar-refractivity contribution >= 4 is 11.8 Å². The van der Waals surface area contributed by atoms with Crippen LogP contribution in [0.1, 0.15) is 11.7 Å². The predicted molar refractivity (Wildman–Crippen MR) is 68.4 cm³/mol. The van der Waals surface area contributed by atoms with Crippen molar-refractivity contribution in [3.05, 3.63) is 65.5 Å². The van der Waals surface area contributed by atoms with Gasteiger partial charge in [-0.25, -0.2) is 13.2 Å². The summed E-state index contributed by atoms with van der Waals surface area (Å²) in [5.74, 6) is -1.76. The number of aliphatic hydroxyl groups is 1. The van der Waals surface area contributed by atoms with Gasteiger partial charge in [-0.05, 0) is 29.8 Å². The lowest BCUT2D eigenvalue weighted by atomic mass is 10.1. The molecule has 0 aliphatic carbocycles. The minimum Gasteiger partial charge on any atom is -0.388 e. The summed E-state index contributed by atoms with van der Waals surface area (Å²) in [6.07, 6.45) is -1.06. The van der Waals surface area contributed by atoms with E-state index in [4.69, 9.17) is 0 Å². The molecule has 0 bridgehead atoms. The van der Waals surface area contributed by atoms with E-state index in [1.807, 2.05) is 0 Å². The Balaban J connectivity index is 2.05. The molecule has 0 amide bonds. The van der Waals surface area contributed by atoms with E-state index in [0.717, 1.165) is 30.0 Å². The maximum Gasteiger partial charge on any atom is 0.136 e. The number of halogens is 3. The highest BCUT2D eigenvalue weighted by Crippen LogP contribution is 2.27. The maximum absolute atomic E-state index is 13.3. The standard InChI is InChI=1S/C14H11F3OS/c15-10-5-9(6-11(16)7-10)13(18)8-19-14-4-2-1-3-12(14)17/h1-7,13,18H,8H2. The van der Waals surface area contributed by atoms with Crippen LogP contribution in [0.5, 0.6) is 0 Å². The van der Waals surface area contributed by atoms with Gasteiger partial charge in [-0.1, -0.05) is 12.1 Å². The van der Waals surface area contributed by atoms with Gasteiger partial charge in [0.15, 0.2) is 0 Å². The Kier molecular flexibility index (Phi) is 4.50. The average Bonchev–Trinajstić information content (AvgIpc) is 2.36. The second-order valence-corrected chi connectivity index (χ2v) is 5.02. The summed E-state index contributed by atoms with van der Waals surface area (Å²) in [5, 5.41) is 9.84. The van der Waals surface area contributed by atoms with E-state index in [1.54, 1.807) is 18.2 Å². The van der Waals surface area contributed by atoms with Crippen molar-refractivity contribution in [1.29, 1.82) is 0 Å². The van der Waals surface area contributed by atoms with E-state index in [0.29, 0.717) is 4.90 Å². The largest absolute Gasteiger partial charge is 0.388 e. The molecule has 2 aromatic carbocycles. The van der Waals surface area contributed by atoms with Crippen LogP contribution < -0.4 is 0 Å². The van der Waals surface area contributed by atoms with Crippen LogP contribution in [0.4, 0.5) is 13.2 Å². The van der Waals surface area contributed by atoms with Gasteiger partial charge in [0.25, 0.3) is 0 Å². The molecule has 1 unspecified atom stereocenters. The van der Waals surface area contributed by atoms with Crippen molar-refractivity contribution in [3.63, 3.8) is 0 Å². The van der Waals surface area contributed by atoms with Gasteiger partial charge in [0.2, 0.25) is 0 Å². The van der Waals surface area contributed by atoms with Crippen molar-refractivity contribution in [2.45, 2.75) is 11.0 Å². The molecule has 0 heterocycles. The molecule has 1 N–H and O–H groups in total. The molecule has 1 nitrogen and oxygen atoms in total. The second kappa shape index (κ2) is 6.12. The molecule has 19 heavy (non-hydrogen) atoms. The Morgan fingerprint density at radius 1 is 1.00 bits per heavy atom. The highest BCUT2D eigenvalue weighted by Gasteiger charge is 2.12. The summed E-state index contributed by atoms with van der Waals surface area (Å²) >= 11 is 1.09. The lowest BCUT2D eigenvalue weighted by Crippen LogP contribution is -2.02. The number of rotatable bonds is 4. The zero-order chi connectivity index (χ0) is 13.8. The van der Waals surface area contributed by atoms with Crippen LogP contribution in [0, 0.1) is 17.5 Å². The summed E-state index contributed by atoms with van der Waals surface area (Å²) in [6, 6.07) is 9.01. The third-order valence-electron chi connectivity index (χ3n) is 2.50. The van der Waals surface area contributed by atoms with E-state index in [9.17, 15) is 18.3 Å². The minimum absolute atomic E-state index is 0.115. The van der Waals surface area contributed by atoms with Crippen molar-refractivity contribution in [1.82, 2.24) is 0 Å². The Morgan fingerprint density at radius 3 is 2.26 bits per heavy atom. The Morgan fingerprint density at radius 2 is 1.63 bits per heavy atom. The minimum atomic E-state index is -1.06. The molecule has 0 saturated carbocycles. The van der Waals surface area contributed by atoms with Gasteiger partial charge in [0.05, 0.1) is 6.10 Å². The van der Waals surface area contributed by atoms with Gasteiger partial charge >= 0.3 is 0 Å². The molecule has 0 aliphatic rings. The third-order valence-corrected chi connectivity index (χ3v) is 3.63. The summed E-state index contributed by atoms with van der Waals surface area (Å²) in [4.78, 5) is 0.387. The molecule has 0 aromatic heterocycles. The first-order valence-corrected chi connectivity index (χ1v) is 6.56. The summed E-state index contributed by atoms with van der Waals surface area (Å²) in [6.45, 7) is 0. The fraction of sp³-hybridized carbons (Fsp3) is 0.143. The van der Waals surface area contributed by atoms with Crippen LogP contribution in [0.2, 0.25) is 0 Å². The summed E-state index contributed by atoms with van der Waals surface area (Å²) in [5.41, 5.74) is 0.140. The van der Waals surface area contributed by atoms with Gasteiger partial charge in [-0.3, -0.25) is 0 Å². The smallest absolute Gasteiger partial charge is 0.136 e. The maximum atomic E-state index is 13.3. The molecular formula is C14H11F3OS. The first-order valence-electron chi connectivity index (χ1n) is 5.57. The number of thioether (sulfide) groups is 1. The average molecular weight is 284 g/mol. The molecule has 100 valence electrons. The van der Waals surface area contributed by atoms with Gasteiger partial charge in [-0.15, -0.1) is 11.8 Å². The lowest BCUT2D eigenvalue weighted by Gasteiger charge is -2.11. The van der Waals surface area contributed by atoms with Crippen LogP contribution in [0.3, 0.4) is 0 Å². The number of aliphatic hydroxyl groups excluding tert-OH is 1. The van der Waals surface area contributed by atoms with Gasteiger partial charge < -0.3 is 5.11 Å². The first-order chi connectivity index (χ1) is 9.06. The molecule has 0 radical (unpaired) electrons. The Bertz CT molecular complexity index is 554. The normalized spacial score (nSPS) is 12.4. The molecule has 0 aliphatic heterocycles. The number of hydrogen-bond donors (Lipinski definition) is 1. The van der Waals surface area contributed by atoms with E-state index in [1.165, 1.54) is 6.07 Å². The molecule has 1 atom stereocenters. The van der Waals surface area contributed by atoms with Crippen LogP contribution in [-0.4, -0.2) is 10.9 Å². The van der Waals surface area contributed by atoms with Crippen LogP contribution in [-0.2, 0) is 0 Å². The topological polar surface area (TPSA) is 20.2 Å². The SMILES string of the molecule is OC(CSc1ccccc1F)c1cc(F)cc(F)c1. The fourth-order valence-electron chi connectivity index (χ4n) is 1.59. The van der Waals surface area contributed by atoms with E-state index < -0.39 is 17.7 Å². The summed E-state index contributed by atoms with van der Waals surface area (Å²) < 4.78 is 39.3. The first kappa shape index (κ1) is 14.0. The molecule has 0 fully saturated rings. The fourth-order valence-corrected chi connectivity index (χ4v) is 2.50. The zero-order valence-electron chi connectivity index (χ0n) is 9.82. The van der Waals surface area contributed by atoms with Gasteiger partial charge in [0.1, 0.15) is 17.5 Å². The molecule has 0 spiro atoms. The molecular weight excluding hydrogens is 273 g/mol. The number of benzene rings is 2. The van der Waals surface area contributed by atoms with Crippen molar-refractivity contribution in [2.75, 3.05) is 5.75 Å². The van der Waals surface area contributed by atoms with Crippen LogP contribution >= 0.6 is 11.8 Å². The molecule has 2 rings (SSSR count). The zero-order valence-corrected chi connectivity index (χ0v) is 10.6. The Hall–Kier alpha value is -1.46. The quantitative estimate of drug-likeness (QED) is 0.858. The highest BCUT2D eigenvalue weighted by molar-refractivity contribution is 7.99. The number of hydrogen-bond acceptors (Lipinski definition) is 2. The van der Waals surface area contributed by atoms with E-state index in [-0.39, 0.29) is 17.1 Å². The van der Waals surface area contributed by atoms with E-state index >= 15 is 0 Å². The van der Waals surface area contributed by atoms with Gasteiger partial charge in [-0.2, -0.15) is 0 Å². The Labute approximate surface area is 113 Å². The highest BCUT2D eigenvalue weighted by atomic mass is 32.2. The predicted octanol–water partition coefficient (Wildman–Crippen LogP) is 3.93. The van der Waals surface area contributed by atoms with Crippen molar-refractivity contribution in [3.8, 4) is 0 Å². The summed E-state index contributed by atoms with van der Waals surface area (Å²) in [7, 11) is 0. The van der Waals surface area contributed by atoms with Crippen LogP contribution in [0.25, 0.3) is 0 Å². The van der Waals surface area contributed by atoms with Crippen molar-refractivity contribution in [2.24, 2.45) is 0 Å². The third kappa shape index (κ3) is 3.75. The van der Waals surface area contributed by atoms with Gasteiger partial charge in [0, 0.05) is 16.7 Å². The monoisotopic (exact) mass is 284 g/mol. The second-order valence-electron chi connectivity index (χ2n) is 3.96. The van der Waals surface area contributed by atoms with Crippen molar-refractivity contribution < 1.29 is 18.3 Å². The van der Waals surface area contributed by atoms with E-state index in [2.05, 4.69) is 0 Å².